The zero-order valence-corrected chi connectivity index (χ0v) is 16.8. The number of anilines is 1. The minimum absolute atomic E-state index is 0.109. The number of para-hydroxylation sites is 1. The molecule has 0 bridgehead atoms. The Morgan fingerprint density at radius 1 is 1.26 bits per heavy atom. The lowest BCUT2D eigenvalue weighted by molar-refractivity contribution is -0.116. The summed E-state index contributed by atoms with van der Waals surface area (Å²) in [6.45, 7) is 4.48. The normalized spacial score (nSPS) is 17.0. The predicted octanol–water partition coefficient (Wildman–Crippen LogP) is 3.39. The highest BCUT2D eigenvalue weighted by Crippen LogP contribution is 2.36. The molecule has 0 unspecified atom stereocenters. The fourth-order valence-corrected chi connectivity index (χ4v) is 4.88. The maximum atomic E-state index is 12.7. The van der Waals surface area contributed by atoms with Gasteiger partial charge in [0.05, 0.1) is 17.2 Å². The summed E-state index contributed by atoms with van der Waals surface area (Å²) >= 11 is 1.56. The fraction of sp³-hybridized carbons (Fsp3) is 0.316. The standard InChI is InChI=1S/C19H22N2O4S2/c1-3-25-17-7-5-4-6-14(17)12-20-27(23,24)15-8-9-18-16(11-15)21-19(22)10-13(2)26-18/h4-9,11,13,20H,3,10,12H2,1-2H3,(H,21,22)/t13-/m1/s1. The topological polar surface area (TPSA) is 84.5 Å². The van der Waals surface area contributed by atoms with Gasteiger partial charge in [0.25, 0.3) is 0 Å². The van der Waals surface area contributed by atoms with Crippen LogP contribution in [-0.4, -0.2) is 26.2 Å². The van der Waals surface area contributed by atoms with E-state index in [9.17, 15) is 13.2 Å². The average Bonchev–Trinajstić information content (AvgIpc) is 2.76. The Balaban J connectivity index is 1.81. The van der Waals surface area contributed by atoms with Crippen molar-refractivity contribution in [2.45, 2.75) is 41.9 Å². The summed E-state index contributed by atoms with van der Waals surface area (Å²) in [5, 5.41) is 2.93. The van der Waals surface area contributed by atoms with E-state index in [1.54, 1.807) is 23.9 Å². The van der Waals surface area contributed by atoms with E-state index in [2.05, 4.69) is 10.0 Å². The van der Waals surface area contributed by atoms with Crippen LogP contribution in [-0.2, 0) is 21.4 Å². The molecule has 0 saturated heterocycles. The summed E-state index contributed by atoms with van der Waals surface area (Å²) in [6.07, 6.45) is 0.397. The number of nitrogens with one attached hydrogen (secondary N) is 2. The summed E-state index contributed by atoms with van der Waals surface area (Å²) in [5.74, 6) is 0.546. The second kappa shape index (κ2) is 8.33. The molecule has 0 aliphatic carbocycles. The number of hydrogen-bond acceptors (Lipinski definition) is 5. The minimum atomic E-state index is -3.73. The molecule has 0 aromatic heterocycles. The van der Waals surface area contributed by atoms with Crippen LogP contribution in [0.15, 0.2) is 52.3 Å². The maximum Gasteiger partial charge on any atom is 0.240 e. The second-order valence-electron chi connectivity index (χ2n) is 6.20. The summed E-state index contributed by atoms with van der Waals surface area (Å²) in [7, 11) is -3.73. The van der Waals surface area contributed by atoms with Crippen LogP contribution in [0.3, 0.4) is 0 Å². The van der Waals surface area contributed by atoms with Gasteiger partial charge >= 0.3 is 0 Å². The highest BCUT2D eigenvalue weighted by Gasteiger charge is 2.22. The Morgan fingerprint density at radius 3 is 2.81 bits per heavy atom. The molecule has 1 heterocycles. The largest absolute Gasteiger partial charge is 0.494 e. The van der Waals surface area contributed by atoms with E-state index >= 15 is 0 Å². The number of carbonyl (C=O) groups excluding carboxylic acids is 1. The molecule has 2 N–H and O–H groups in total. The van der Waals surface area contributed by atoms with Gasteiger partial charge in [0.15, 0.2) is 0 Å². The van der Waals surface area contributed by atoms with Gasteiger partial charge in [-0.1, -0.05) is 25.1 Å². The first-order chi connectivity index (χ1) is 12.9. The summed E-state index contributed by atoms with van der Waals surface area (Å²) < 4.78 is 33.6. The number of hydrogen-bond donors (Lipinski definition) is 2. The third kappa shape index (κ3) is 4.82. The Kier molecular flexibility index (Phi) is 6.08. The molecule has 144 valence electrons. The molecule has 27 heavy (non-hydrogen) atoms. The Bertz CT molecular complexity index is 944. The number of carbonyl (C=O) groups is 1. The van der Waals surface area contributed by atoms with E-state index in [1.165, 1.54) is 6.07 Å². The maximum absolute atomic E-state index is 12.7. The first-order valence-corrected chi connectivity index (χ1v) is 11.1. The first kappa shape index (κ1) is 19.7. The number of sulfonamides is 1. The molecule has 0 fully saturated rings. The summed E-state index contributed by atoms with van der Waals surface area (Å²) in [4.78, 5) is 12.9. The quantitative estimate of drug-likeness (QED) is 0.768. The van der Waals surface area contributed by atoms with Crippen molar-refractivity contribution in [1.29, 1.82) is 0 Å². The van der Waals surface area contributed by atoms with Crippen molar-refractivity contribution in [2.24, 2.45) is 0 Å². The monoisotopic (exact) mass is 406 g/mol. The van der Waals surface area contributed by atoms with Crippen molar-refractivity contribution in [1.82, 2.24) is 4.72 Å². The molecule has 6 nitrogen and oxygen atoms in total. The number of benzene rings is 2. The van der Waals surface area contributed by atoms with Crippen LogP contribution < -0.4 is 14.8 Å². The molecular weight excluding hydrogens is 384 g/mol. The molecule has 1 aliphatic rings. The highest BCUT2D eigenvalue weighted by atomic mass is 32.2. The number of amides is 1. The zero-order chi connectivity index (χ0) is 19.4. The van der Waals surface area contributed by atoms with Gasteiger partial charge in [0.2, 0.25) is 15.9 Å². The SMILES string of the molecule is CCOc1ccccc1CNS(=O)(=O)c1ccc2c(c1)NC(=O)C[C@@H](C)S2. The van der Waals surface area contributed by atoms with Gasteiger partial charge in [-0.15, -0.1) is 11.8 Å². The van der Waals surface area contributed by atoms with Gasteiger partial charge < -0.3 is 10.1 Å². The Labute approximate surface area is 163 Å². The van der Waals surface area contributed by atoms with Crippen LogP contribution >= 0.6 is 11.8 Å². The van der Waals surface area contributed by atoms with Gasteiger partial charge in [-0.2, -0.15) is 0 Å². The van der Waals surface area contributed by atoms with Crippen LogP contribution in [0.4, 0.5) is 5.69 Å². The van der Waals surface area contributed by atoms with Crippen molar-refractivity contribution in [2.75, 3.05) is 11.9 Å². The van der Waals surface area contributed by atoms with E-state index in [-0.39, 0.29) is 22.6 Å². The van der Waals surface area contributed by atoms with Gasteiger partial charge in [-0.05, 0) is 31.2 Å². The minimum Gasteiger partial charge on any atom is -0.494 e. The molecule has 3 rings (SSSR count). The molecule has 2 aromatic carbocycles. The molecule has 1 amide bonds. The second-order valence-corrected chi connectivity index (χ2v) is 9.45. The number of rotatable bonds is 6. The molecule has 8 heteroatoms. The van der Waals surface area contributed by atoms with Gasteiger partial charge in [-0.3, -0.25) is 4.79 Å². The van der Waals surface area contributed by atoms with E-state index < -0.39 is 10.0 Å². The first-order valence-electron chi connectivity index (χ1n) is 8.70. The molecule has 0 spiro atoms. The predicted molar refractivity (Wildman–Crippen MR) is 107 cm³/mol. The van der Waals surface area contributed by atoms with E-state index in [0.29, 0.717) is 24.5 Å². The van der Waals surface area contributed by atoms with Crippen molar-refractivity contribution in [3.8, 4) is 5.75 Å². The lowest BCUT2D eigenvalue weighted by Crippen LogP contribution is -2.24. The molecule has 0 radical (unpaired) electrons. The smallest absolute Gasteiger partial charge is 0.240 e. The van der Waals surface area contributed by atoms with Crippen LogP contribution in [0, 0.1) is 0 Å². The van der Waals surface area contributed by atoms with Gasteiger partial charge in [0.1, 0.15) is 5.75 Å². The van der Waals surface area contributed by atoms with Crippen molar-refractivity contribution in [3.63, 3.8) is 0 Å². The Hall–Kier alpha value is -2.03. The van der Waals surface area contributed by atoms with Crippen LogP contribution in [0.1, 0.15) is 25.8 Å². The third-order valence-electron chi connectivity index (χ3n) is 4.06. The molecular formula is C19H22N2O4S2. The van der Waals surface area contributed by atoms with E-state index in [4.69, 9.17) is 4.74 Å². The summed E-state index contributed by atoms with van der Waals surface area (Å²) in [5.41, 5.74) is 1.29. The molecule has 2 aromatic rings. The number of fused-ring (bicyclic) bond motifs is 1. The van der Waals surface area contributed by atoms with Crippen LogP contribution in [0.25, 0.3) is 0 Å². The lowest BCUT2D eigenvalue weighted by atomic mass is 10.2. The number of thioether (sulfide) groups is 1. The van der Waals surface area contributed by atoms with Crippen molar-refractivity contribution < 1.29 is 17.9 Å². The molecule has 1 atom stereocenters. The van der Waals surface area contributed by atoms with E-state index in [1.807, 2.05) is 38.1 Å². The highest BCUT2D eigenvalue weighted by molar-refractivity contribution is 8.00. The Morgan fingerprint density at radius 2 is 2.04 bits per heavy atom. The van der Waals surface area contributed by atoms with Crippen LogP contribution in [0.2, 0.25) is 0 Å². The third-order valence-corrected chi connectivity index (χ3v) is 6.64. The van der Waals surface area contributed by atoms with E-state index in [0.717, 1.165) is 10.5 Å². The molecule has 1 aliphatic heterocycles. The fourth-order valence-electron chi connectivity index (χ4n) is 2.80. The van der Waals surface area contributed by atoms with Gasteiger partial charge in [0, 0.05) is 28.7 Å². The average molecular weight is 407 g/mol. The summed E-state index contributed by atoms with van der Waals surface area (Å²) in [6, 6.07) is 12.1. The molecule has 0 saturated carbocycles. The lowest BCUT2D eigenvalue weighted by Gasteiger charge is -2.13. The zero-order valence-electron chi connectivity index (χ0n) is 15.2. The van der Waals surface area contributed by atoms with Gasteiger partial charge in [-0.25, -0.2) is 13.1 Å². The number of ether oxygens (including phenoxy) is 1. The van der Waals surface area contributed by atoms with Crippen molar-refractivity contribution >= 4 is 33.4 Å². The van der Waals surface area contributed by atoms with Crippen molar-refractivity contribution in [3.05, 3.63) is 48.0 Å². The van der Waals surface area contributed by atoms with Crippen LogP contribution in [0.5, 0.6) is 5.75 Å².